The predicted octanol–water partition coefficient (Wildman–Crippen LogP) is 2.24. The van der Waals surface area contributed by atoms with Crippen molar-refractivity contribution in [2.45, 2.75) is 31.7 Å². The molecule has 0 saturated carbocycles. The second kappa shape index (κ2) is 5.38. The molecule has 1 aromatic carbocycles. The molecule has 0 radical (unpaired) electrons. The maximum absolute atomic E-state index is 12.8. The summed E-state index contributed by atoms with van der Waals surface area (Å²) in [4.78, 5) is 4.40. The largest absolute Gasteiger partial charge is 0.398 e. The summed E-state index contributed by atoms with van der Waals surface area (Å²) in [5, 5.41) is 0.661. The first kappa shape index (κ1) is 14.7. The molecule has 5 nitrogen and oxygen atoms in total. The van der Waals surface area contributed by atoms with Crippen LogP contribution in [0.25, 0.3) is 10.9 Å². The van der Waals surface area contributed by atoms with Gasteiger partial charge in [-0.25, -0.2) is 8.42 Å². The molecule has 108 valence electrons. The van der Waals surface area contributed by atoms with Crippen LogP contribution < -0.4 is 5.73 Å². The Bertz CT molecular complexity index is 726. The van der Waals surface area contributed by atoms with Crippen molar-refractivity contribution in [3.63, 3.8) is 0 Å². The molecule has 0 unspecified atom stereocenters. The SMILES string of the molecule is CCN(C(C)C)S(=O)(=O)c1ccc(N)c2cccnc12. The molecule has 6 heteroatoms. The van der Waals surface area contributed by atoms with Gasteiger partial charge in [-0.2, -0.15) is 4.31 Å². The number of fused-ring (bicyclic) bond motifs is 1. The molecule has 1 heterocycles. The molecule has 1 aromatic heterocycles. The van der Waals surface area contributed by atoms with E-state index >= 15 is 0 Å². The molecule has 0 saturated heterocycles. The molecule has 2 N–H and O–H groups in total. The molecular weight excluding hydrogens is 274 g/mol. The Kier molecular flexibility index (Phi) is 3.96. The van der Waals surface area contributed by atoms with Gasteiger partial charge >= 0.3 is 0 Å². The molecule has 0 fully saturated rings. The molecule has 0 amide bonds. The standard InChI is InChI=1S/C14H19N3O2S/c1-4-17(10(2)3)20(18,19)13-8-7-12(15)11-6-5-9-16-14(11)13/h5-10H,4,15H2,1-3H3. The van der Waals surface area contributed by atoms with Crippen LogP contribution in [0.15, 0.2) is 35.4 Å². The van der Waals surface area contributed by atoms with E-state index in [1.807, 2.05) is 20.8 Å². The Morgan fingerprint density at radius 3 is 2.60 bits per heavy atom. The lowest BCUT2D eigenvalue weighted by atomic mass is 10.2. The van der Waals surface area contributed by atoms with Crippen molar-refractivity contribution in [3.05, 3.63) is 30.5 Å². The highest BCUT2D eigenvalue weighted by atomic mass is 32.2. The number of aromatic nitrogens is 1. The Hall–Kier alpha value is -1.66. The van der Waals surface area contributed by atoms with Gasteiger partial charge in [0.25, 0.3) is 0 Å². The van der Waals surface area contributed by atoms with Crippen LogP contribution in [0.5, 0.6) is 0 Å². The van der Waals surface area contributed by atoms with Crippen molar-refractivity contribution in [2.75, 3.05) is 12.3 Å². The summed E-state index contributed by atoms with van der Waals surface area (Å²) in [6.07, 6.45) is 1.58. The van der Waals surface area contributed by atoms with Gasteiger partial charge in [0.15, 0.2) is 0 Å². The quantitative estimate of drug-likeness (QED) is 0.877. The lowest BCUT2D eigenvalue weighted by Gasteiger charge is -2.24. The second-order valence-electron chi connectivity index (χ2n) is 4.85. The van der Waals surface area contributed by atoms with Crippen molar-refractivity contribution >= 4 is 26.6 Å². The van der Waals surface area contributed by atoms with Crippen molar-refractivity contribution in [3.8, 4) is 0 Å². The first-order chi connectivity index (χ1) is 9.39. The Morgan fingerprint density at radius 1 is 1.30 bits per heavy atom. The van der Waals surface area contributed by atoms with E-state index < -0.39 is 10.0 Å². The van der Waals surface area contributed by atoms with Gasteiger partial charge in [-0.1, -0.05) is 6.92 Å². The smallest absolute Gasteiger partial charge is 0.245 e. The summed E-state index contributed by atoms with van der Waals surface area (Å²) in [6.45, 7) is 5.95. The van der Waals surface area contributed by atoms with Crippen LogP contribution in [0.2, 0.25) is 0 Å². The zero-order chi connectivity index (χ0) is 14.9. The van der Waals surface area contributed by atoms with Crippen LogP contribution >= 0.6 is 0 Å². The zero-order valence-electron chi connectivity index (χ0n) is 11.9. The van der Waals surface area contributed by atoms with Crippen LogP contribution in [-0.2, 0) is 10.0 Å². The Balaban J connectivity index is 2.73. The summed E-state index contributed by atoms with van der Waals surface area (Å²) in [5.41, 5.74) is 6.84. The third-order valence-electron chi connectivity index (χ3n) is 3.24. The molecular formula is C14H19N3O2S. The monoisotopic (exact) mass is 293 g/mol. The normalized spacial score (nSPS) is 12.4. The van der Waals surface area contributed by atoms with Gasteiger partial charge in [-0.3, -0.25) is 4.98 Å². The first-order valence-electron chi connectivity index (χ1n) is 6.54. The number of hydrogen-bond acceptors (Lipinski definition) is 4. The topological polar surface area (TPSA) is 76.3 Å². The van der Waals surface area contributed by atoms with Gasteiger partial charge in [-0.15, -0.1) is 0 Å². The van der Waals surface area contributed by atoms with Crippen molar-refractivity contribution in [1.29, 1.82) is 0 Å². The summed E-state index contributed by atoms with van der Waals surface area (Å²) < 4.78 is 27.0. The fourth-order valence-electron chi connectivity index (χ4n) is 2.32. The van der Waals surface area contributed by atoms with Crippen molar-refractivity contribution in [1.82, 2.24) is 9.29 Å². The van der Waals surface area contributed by atoms with Crippen LogP contribution in [0.3, 0.4) is 0 Å². The number of pyridine rings is 1. The Morgan fingerprint density at radius 2 is 2.00 bits per heavy atom. The predicted molar refractivity (Wildman–Crippen MR) is 80.9 cm³/mol. The Labute approximate surface area is 119 Å². The fraction of sp³-hybridized carbons (Fsp3) is 0.357. The maximum atomic E-state index is 12.8. The van der Waals surface area contributed by atoms with E-state index in [-0.39, 0.29) is 10.9 Å². The van der Waals surface area contributed by atoms with Crippen LogP contribution in [0.4, 0.5) is 5.69 Å². The number of benzene rings is 1. The van der Waals surface area contributed by atoms with Crippen molar-refractivity contribution < 1.29 is 8.42 Å². The van der Waals surface area contributed by atoms with E-state index in [1.54, 1.807) is 24.4 Å². The van der Waals surface area contributed by atoms with Crippen LogP contribution in [0, 0.1) is 0 Å². The van der Waals surface area contributed by atoms with E-state index in [4.69, 9.17) is 5.73 Å². The summed E-state index contributed by atoms with van der Waals surface area (Å²) in [6, 6.07) is 6.56. The molecule has 0 aliphatic heterocycles. The van der Waals surface area contributed by atoms with Crippen LogP contribution in [-0.4, -0.2) is 30.3 Å². The summed E-state index contributed by atoms with van der Waals surface area (Å²) in [5.74, 6) is 0. The van der Waals surface area contributed by atoms with Gasteiger partial charge in [0.05, 0.1) is 5.52 Å². The molecule has 2 rings (SSSR count). The number of rotatable bonds is 4. The average Bonchev–Trinajstić information content (AvgIpc) is 2.39. The van der Waals surface area contributed by atoms with E-state index in [9.17, 15) is 8.42 Å². The van der Waals surface area contributed by atoms with Gasteiger partial charge in [0.2, 0.25) is 10.0 Å². The first-order valence-corrected chi connectivity index (χ1v) is 7.98. The summed E-state index contributed by atoms with van der Waals surface area (Å²) >= 11 is 0. The van der Waals surface area contributed by atoms with Crippen LogP contribution in [0.1, 0.15) is 20.8 Å². The van der Waals surface area contributed by atoms with E-state index in [1.165, 1.54) is 10.4 Å². The van der Waals surface area contributed by atoms with E-state index in [0.717, 1.165) is 0 Å². The summed E-state index contributed by atoms with van der Waals surface area (Å²) in [7, 11) is -3.58. The fourth-order valence-corrected chi connectivity index (χ4v) is 4.11. The molecule has 0 aliphatic carbocycles. The number of hydrogen-bond donors (Lipinski definition) is 1. The van der Waals surface area contributed by atoms with Gasteiger partial charge < -0.3 is 5.73 Å². The van der Waals surface area contributed by atoms with Gasteiger partial charge in [0.1, 0.15) is 4.90 Å². The highest BCUT2D eigenvalue weighted by Crippen LogP contribution is 2.28. The number of nitrogens with zero attached hydrogens (tertiary/aromatic N) is 2. The lowest BCUT2D eigenvalue weighted by Crippen LogP contribution is -2.36. The zero-order valence-corrected chi connectivity index (χ0v) is 12.7. The number of anilines is 1. The third kappa shape index (κ3) is 2.36. The molecule has 0 atom stereocenters. The molecule has 0 bridgehead atoms. The third-order valence-corrected chi connectivity index (χ3v) is 5.42. The lowest BCUT2D eigenvalue weighted by molar-refractivity contribution is 0.369. The van der Waals surface area contributed by atoms with E-state index in [2.05, 4.69) is 4.98 Å². The molecule has 20 heavy (non-hydrogen) atoms. The van der Waals surface area contributed by atoms with Crippen molar-refractivity contribution in [2.24, 2.45) is 0 Å². The molecule has 0 aliphatic rings. The molecule has 0 spiro atoms. The molecule has 2 aromatic rings. The average molecular weight is 293 g/mol. The highest BCUT2D eigenvalue weighted by molar-refractivity contribution is 7.89. The number of nitrogens with two attached hydrogens (primary N) is 1. The highest BCUT2D eigenvalue weighted by Gasteiger charge is 2.28. The number of nitrogen functional groups attached to an aromatic ring is 1. The maximum Gasteiger partial charge on any atom is 0.245 e. The second-order valence-corrected chi connectivity index (χ2v) is 6.71. The number of sulfonamides is 1. The minimum absolute atomic E-state index is 0.110. The van der Waals surface area contributed by atoms with Gasteiger partial charge in [-0.05, 0) is 38.1 Å². The minimum atomic E-state index is -3.58. The van der Waals surface area contributed by atoms with Gasteiger partial charge in [0, 0.05) is 29.9 Å². The van der Waals surface area contributed by atoms with E-state index in [0.29, 0.717) is 23.1 Å². The minimum Gasteiger partial charge on any atom is -0.398 e.